The zero-order valence-corrected chi connectivity index (χ0v) is 23.6. The molecule has 0 atom stereocenters. The number of ether oxygens (including phenoxy) is 3. The van der Waals surface area contributed by atoms with Crippen LogP contribution in [0.2, 0.25) is 0 Å². The van der Waals surface area contributed by atoms with E-state index in [-0.39, 0.29) is 35.8 Å². The lowest BCUT2D eigenvalue weighted by molar-refractivity contribution is 0.111. The van der Waals surface area contributed by atoms with Crippen LogP contribution in [-0.4, -0.2) is 42.8 Å². The van der Waals surface area contributed by atoms with Crippen LogP contribution in [0.1, 0.15) is 72.1 Å². The van der Waals surface area contributed by atoms with Gasteiger partial charge in [0, 0.05) is 16.0 Å². The lowest BCUT2D eigenvalue weighted by atomic mass is 10.2. The van der Waals surface area contributed by atoms with Gasteiger partial charge in [-0.1, -0.05) is 28.8 Å². The SMILES string of the molecule is BrC1CCCC1.COc1ccc(C=O)cc1O.COc1ccc(C=O)cc1OC1CCCC1.I. The average Bonchev–Trinajstić information content (AvgIpc) is 3.53. The van der Waals surface area contributed by atoms with Crippen LogP contribution < -0.4 is 14.2 Å². The Balaban J connectivity index is 0.000000278. The highest BCUT2D eigenvalue weighted by atomic mass is 127. The third kappa shape index (κ3) is 10.2. The fraction of sp³-hybridized carbons (Fsp3) is 0.462. The summed E-state index contributed by atoms with van der Waals surface area (Å²) in [5.41, 5.74) is 1.05. The molecule has 1 N–H and O–H groups in total. The van der Waals surface area contributed by atoms with E-state index in [1.54, 1.807) is 37.4 Å². The van der Waals surface area contributed by atoms with Gasteiger partial charge in [0.2, 0.25) is 0 Å². The van der Waals surface area contributed by atoms with Crippen molar-refractivity contribution in [1.82, 2.24) is 0 Å². The quantitative estimate of drug-likeness (QED) is 0.207. The number of halogens is 2. The minimum absolute atomic E-state index is 0. The number of alkyl halides is 1. The van der Waals surface area contributed by atoms with Gasteiger partial charge in [-0.05, 0) is 74.9 Å². The maximum Gasteiger partial charge on any atom is 0.162 e. The van der Waals surface area contributed by atoms with Crippen LogP contribution in [-0.2, 0) is 0 Å². The predicted octanol–water partition coefficient (Wildman–Crippen LogP) is 6.98. The summed E-state index contributed by atoms with van der Waals surface area (Å²) in [4.78, 5) is 21.8. The molecule has 0 bridgehead atoms. The first-order valence-electron chi connectivity index (χ1n) is 11.3. The van der Waals surface area contributed by atoms with E-state index >= 15 is 0 Å². The first-order valence-corrected chi connectivity index (χ1v) is 12.2. The molecule has 2 fully saturated rings. The number of phenolic OH excluding ortho intramolecular Hbond substituents is 1. The first kappa shape index (κ1) is 30.2. The molecular weight excluding hydrogens is 615 g/mol. The molecule has 34 heavy (non-hydrogen) atoms. The van der Waals surface area contributed by atoms with E-state index in [1.807, 2.05) is 0 Å². The summed E-state index contributed by atoms with van der Waals surface area (Å²) in [5.74, 6) is 1.73. The van der Waals surface area contributed by atoms with Crippen molar-refractivity contribution in [2.24, 2.45) is 0 Å². The Kier molecular flexibility index (Phi) is 14.9. The van der Waals surface area contributed by atoms with Gasteiger partial charge in [-0.15, -0.1) is 24.0 Å². The van der Waals surface area contributed by atoms with E-state index in [0.717, 1.165) is 24.0 Å². The molecule has 2 aromatic carbocycles. The molecule has 0 aromatic heterocycles. The van der Waals surface area contributed by atoms with Gasteiger partial charge >= 0.3 is 0 Å². The van der Waals surface area contributed by atoms with Crippen LogP contribution >= 0.6 is 39.9 Å². The molecule has 6 nitrogen and oxygen atoms in total. The number of hydrogen-bond donors (Lipinski definition) is 1. The molecule has 0 heterocycles. The van der Waals surface area contributed by atoms with Crippen LogP contribution in [0.4, 0.5) is 0 Å². The fourth-order valence-electron chi connectivity index (χ4n) is 3.70. The number of methoxy groups -OCH3 is 2. The highest BCUT2D eigenvalue weighted by Crippen LogP contribution is 2.32. The highest BCUT2D eigenvalue weighted by molar-refractivity contribution is 14.0. The van der Waals surface area contributed by atoms with E-state index in [9.17, 15) is 9.59 Å². The second-order valence-electron chi connectivity index (χ2n) is 7.98. The molecule has 4 rings (SSSR count). The maximum absolute atomic E-state index is 10.7. The van der Waals surface area contributed by atoms with Crippen LogP contribution in [0.25, 0.3) is 0 Å². The first-order chi connectivity index (χ1) is 16.0. The molecule has 0 unspecified atom stereocenters. The molecule has 0 aliphatic heterocycles. The summed E-state index contributed by atoms with van der Waals surface area (Å²) in [6.07, 6.45) is 12.1. The molecule has 0 radical (unpaired) electrons. The van der Waals surface area contributed by atoms with Gasteiger partial charge in [-0.25, -0.2) is 0 Å². The molecule has 0 saturated heterocycles. The van der Waals surface area contributed by atoms with E-state index in [2.05, 4.69) is 15.9 Å². The van der Waals surface area contributed by atoms with E-state index < -0.39 is 0 Å². The summed E-state index contributed by atoms with van der Waals surface area (Å²) in [6, 6.07) is 9.71. The number of rotatable bonds is 6. The van der Waals surface area contributed by atoms with Gasteiger partial charge in [0.25, 0.3) is 0 Å². The minimum atomic E-state index is -0.0166. The standard InChI is InChI=1S/C13H16O3.C8H8O3.C5H9Br.HI/c1-15-12-7-6-10(9-14)8-13(12)16-11-4-2-3-5-11;1-11-8-3-2-6(5-9)4-7(8)10;6-5-3-1-2-4-5;/h6-9,11H,2-5H2,1H3;2-5,10H,1H3;5H,1-4H2;1H. The molecule has 0 amide bonds. The molecule has 2 aromatic rings. The Morgan fingerprint density at radius 2 is 1.29 bits per heavy atom. The maximum atomic E-state index is 10.7. The average molecular weight is 649 g/mol. The predicted molar refractivity (Wildman–Crippen MR) is 148 cm³/mol. The number of benzene rings is 2. The van der Waals surface area contributed by atoms with Crippen LogP contribution in [0.3, 0.4) is 0 Å². The van der Waals surface area contributed by atoms with Crippen LogP contribution in [0.5, 0.6) is 23.0 Å². The molecule has 2 aliphatic rings. The largest absolute Gasteiger partial charge is 0.504 e. The molecule has 0 spiro atoms. The van der Waals surface area contributed by atoms with Gasteiger partial charge in [0.15, 0.2) is 23.0 Å². The second-order valence-corrected chi connectivity index (χ2v) is 9.28. The lowest BCUT2D eigenvalue weighted by Gasteiger charge is -2.15. The summed E-state index contributed by atoms with van der Waals surface area (Å²) in [6.45, 7) is 0. The summed E-state index contributed by atoms with van der Waals surface area (Å²) in [5, 5.41) is 9.14. The normalized spacial score (nSPS) is 15.0. The van der Waals surface area contributed by atoms with Crippen molar-refractivity contribution in [3.8, 4) is 23.0 Å². The van der Waals surface area contributed by atoms with Gasteiger partial charge < -0.3 is 19.3 Å². The number of hydrogen-bond acceptors (Lipinski definition) is 6. The van der Waals surface area contributed by atoms with E-state index in [0.29, 0.717) is 34.7 Å². The Hall–Kier alpha value is -1.81. The highest BCUT2D eigenvalue weighted by Gasteiger charge is 2.18. The van der Waals surface area contributed by atoms with Crippen molar-refractivity contribution in [1.29, 1.82) is 0 Å². The van der Waals surface area contributed by atoms with Gasteiger partial charge in [0.05, 0.1) is 20.3 Å². The van der Waals surface area contributed by atoms with Gasteiger partial charge in [-0.3, -0.25) is 9.59 Å². The third-order valence-electron chi connectivity index (χ3n) is 5.54. The van der Waals surface area contributed by atoms with Crippen molar-refractivity contribution in [2.75, 3.05) is 14.2 Å². The number of aldehydes is 2. The molecule has 2 saturated carbocycles. The van der Waals surface area contributed by atoms with E-state index in [4.69, 9.17) is 19.3 Å². The Morgan fingerprint density at radius 3 is 1.74 bits per heavy atom. The van der Waals surface area contributed by atoms with Crippen molar-refractivity contribution in [3.63, 3.8) is 0 Å². The van der Waals surface area contributed by atoms with Crippen molar-refractivity contribution in [3.05, 3.63) is 47.5 Å². The third-order valence-corrected chi connectivity index (χ3v) is 6.46. The van der Waals surface area contributed by atoms with Crippen molar-refractivity contribution >= 4 is 52.5 Å². The topological polar surface area (TPSA) is 82.1 Å². The smallest absolute Gasteiger partial charge is 0.162 e. The minimum Gasteiger partial charge on any atom is -0.504 e. The van der Waals surface area contributed by atoms with Crippen molar-refractivity contribution in [2.45, 2.75) is 62.3 Å². The number of carbonyl (C=O) groups is 2. The zero-order chi connectivity index (χ0) is 24.1. The molecule has 8 heteroatoms. The number of aromatic hydroxyl groups is 1. The lowest BCUT2D eigenvalue weighted by Crippen LogP contribution is -2.11. The summed E-state index contributed by atoms with van der Waals surface area (Å²) >= 11 is 3.54. The molecule has 2 aliphatic carbocycles. The van der Waals surface area contributed by atoms with Crippen LogP contribution in [0, 0.1) is 0 Å². The number of carbonyl (C=O) groups excluding carboxylic acids is 2. The summed E-state index contributed by atoms with van der Waals surface area (Å²) in [7, 11) is 3.06. The molecular formula is C26H34BrIO6. The summed E-state index contributed by atoms with van der Waals surface area (Å²) < 4.78 is 15.8. The van der Waals surface area contributed by atoms with Gasteiger partial charge in [0.1, 0.15) is 12.6 Å². The van der Waals surface area contributed by atoms with Crippen LogP contribution in [0.15, 0.2) is 36.4 Å². The van der Waals surface area contributed by atoms with E-state index in [1.165, 1.54) is 51.7 Å². The Bertz CT molecular complexity index is 880. The number of phenols is 1. The van der Waals surface area contributed by atoms with Crippen molar-refractivity contribution < 1.29 is 28.9 Å². The monoisotopic (exact) mass is 648 g/mol. The zero-order valence-electron chi connectivity index (χ0n) is 19.7. The molecule has 188 valence electrons. The Labute approximate surface area is 227 Å². The Morgan fingerprint density at radius 1 is 0.794 bits per heavy atom. The fourth-order valence-corrected chi connectivity index (χ4v) is 4.35. The van der Waals surface area contributed by atoms with Gasteiger partial charge in [-0.2, -0.15) is 0 Å². The second kappa shape index (κ2) is 16.8.